The lowest BCUT2D eigenvalue weighted by Crippen LogP contribution is -2.46. The summed E-state index contributed by atoms with van der Waals surface area (Å²) in [5, 5.41) is 17.0. The lowest BCUT2D eigenvalue weighted by atomic mass is 10.0. The van der Waals surface area contributed by atoms with Crippen LogP contribution in [-0.2, 0) is 0 Å². The predicted molar refractivity (Wildman–Crippen MR) is 86.0 cm³/mol. The van der Waals surface area contributed by atoms with Crippen molar-refractivity contribution < 1.29 is 9.72 Å². The quantitative estimate of drug-likeness (QED) is 0.625. The van der Waals surface area contributed by atoms with E-state index < -0.39 is 4.92 Å². The van der Waals surface area contributed by atoms with Gasteiger partial charge < -0.3 is 10.6 Å². The first kappa shape index (κ1) is 17.9. The van der Waals surface area contributed by atoms with Gasteiger partial charge in [-0.25, -0.2) is 0 Å². The van der Waals surface area contributed by atoms with Crippen LogP contribution in [0.25, 0.3) is 0 Å². The molecule has 0 aromatic heterocycles. The van der Waals surface area contributed by atoms with Crippen LogP contribution in [-0.4, -0.2) is 29.5 Å². The standard InChI is InChI=1S/C13H16BrN3O3.ClH/c1-8-6-9(4-5-15-8)16-13(18)11-3-2-10(17(19)20)7-12(11)14;/h2-3,7-9,15H,4-6H2,1H3,(H,16,18);1H. The number of hydrogen-bond donors (Lipinski definition) is 2. The molecule has 2 N–H and O–H groups in total. The van der Waals surface area contributed by atoms with Crippen molar-refractivity contribution in [3.8, 4) is 0 Å². The molecule has 1 aromatic rings. The summed E-state index contributed by atoms with van der Waals surface area (Å²) in [5.41, 5.74) is 0.380. The van der Waals surface area contributed by atoms with Gasteiger partial charge in [-0.1, -0.05) is 0 Å². The first-order valence-electron chi connectivity index (χ1n) is 6.45. The maximum absolute atomic E-state index is 12.2. The van der Waals surface area contributed by atoms with Crippen LogP contribution in [0.15, 0.2) is 22.7 Å². The summed E-state index contributed by atoms with van der Waals surface area (Å²) in [6.45, 7) is 2.97. The van der Waals surface area contributed by atoms with Gasteiger partial charge in [0.1, 0.15) is 0 Å². The van der Waals surface area contributed by atoms with Gasteiger partial charge >= 0.3 is 0 Å². The van der Waals surface area contributed by atoms with E-state index in [2.05, 4.69) is 33.5 Å². The molecule has 1 saturated heterocycles. The number of piperidine rings is 1. The Balaban J connectivity index is 0.00000220. The second-order valence-corrected chi connectivity index (χ2v) is 5.83. The lowest BCUT2D eigenvalue weighted by molar-refractivity contribution is -0.384. The molecule has 1 heterocycles. The molecule has 0 spiro atoms. The molecule has 116 valence electrons. The fraction of sp³-hybridized carbons (Fsp3) is 0.462. The van der Waals surface area contributed by atoms with Crippen LogP contribution in [0.3, 0.4) is 0 Å². The maximum atomic E-state index is 12.2. The molecule has 2 unspecified atom stereocenters. The molecular formula is C13H17BrClN3O3. The minimum Gasteiger partial charge on any atom is -0.349 e. The molecule has 21 heavy (non-hydrogen) atoms. The minimum atomic E-state index is -0.485. The van der Waals surface area contributed by atoms with Crippen molar-refractivity contribution in [3.63, 3.8) is 0 Å². The number of hydrogen-bond acceptors (Lipinski definition) is 4. The van der Waals surface area contributed by atoms with Crippen molar-refractivity contribution in [2.24, 2.45) is 0 Å². The summed E-state index contributed by atoms with van der Waals surface area (Å²) in [6.07, 6.45) is 1.77. The van der Waals surface area contributed by atoms with Crippen molar-refractivity contribution >= 4 is 39.9 Å². The Labute approximate surface area is 137 Å². The Bertz CT molecular complexity index is 541. The number of non-ortho nitro benzene ring substituents is 1. The van der Waals surface area contributed by atoms with Crippen LogP contribution >= 0.6 is 28.3 Å². The zero-order valence-corrected chi connectivity index (χ0v) is 13.9. The highest BCUT2D eigenvalue weighted by molar-refractivity contribution is 9.10. The van der Waals surface area contributed by atoms with Crippen molar-refractivity contribution in [1.82, 2.24) is 10.6 Å². The van der Waals surface area contributed by atoms with Crippen LogP contribution in [0.2, 0.25) is 0 Å². The molecular weight excluding hydrogens is 362 g/mol. The number of nitro groups is 1. The molecule has 1 aliphatic rings. The number of amides is 1. The number of nitrogens with zero attached hydrogens (tertiary/aromatic N) is 1. The summed E-state index contributed by atoms with van der Waals surface area (Å²) < 4.78 is 0.436. The Hall–Kier alpha value is -1.18. The maximum Gasteiger partial charge on any atom is 0.270 e. The third-order valence-electron chi connectivity index (χ3n) is 3.37. The Kier molecular flexibility index (Phi) is 6.57. The van der Waals surface area contributed by atoms with Crippen molar-refractivity contribution in [1.29, 1.82) is 0 Å². The van der Waals surface area contributed by atoms with Crippen LogP contribution in [0.5, 0.6) is 0 Å². The van der Waals surface area contributed by atoms with Crippen molar-refractivity contribution in [2.75, 3.05) is 6.54 Å². The molecule has 0 bridgehead atoms. The van der Waals surface area contributed by atoms with Crippen molar-refractivity contribution in [3.05, 3.63) is 38.3 Å². The number of halogens is 2. The van der Waals surface area contributed by atoms with E-state index in [-0.39, 0.29) is 30.0 Å². The van der Waals surface area contributed by atoms with Gasteiger partial charge in [0.05, 0.1) is 10.5 Å². The average molecular weight is 379 g/mol. The molecule has 1 fully saturated rings. The molecule has 0 radical (unpaired) electrons. The van der Waals surface area contributed by atoms with Gasteiger partial charge in [-0.05, 0) is 48.3 Å². The normalized spacial score (nSPS) is 21.2. The van der Waals surface area contributed by atoms with E-state index in [1.54, 1.807) is 0 Å². The topological polar surface area (TPSA) is 84.3 Å². The second kappa shape index (κ2) is 7.72. The van der Waals surface area contributed by atoms with Crippen LogP contribution < -0.4 is 10.6 Å². The fourth-order valence-corrected chi connectivity index (χ4v) is 2.87. The summed E-state index contributed by atoms with van der Waals surface area (Å²) in [5.74, 6) is -0.203. The zero-order chi connectivity index (χ0) is 14.7. The van der Waals surface area contributed by atoms with Gasteiger partial charge in [0, 0.05) is 28.7 Å². The molecule has 0 saturated carbocycles. The average Bonchev–Trinajstić information content (AvgIpc) is 2.38. The molecule has 1 amide bonds. The Morgan fingerprint density at radius 3 is 2.81 bits per heavy atom. The first-order chi connectivity index (χ1) is 9.47. The van der Waals surface area contributed by atoms with E-state index in [1.807, 2.05) is 0 Å². The zero-order valence-electron chi connectivity index (χ0n) is 11.5. The molecule has 0 aliphatic carbocycles. The van der Waals surface area contributed by atoms with E-state index in [9.17, 15) is 14.9 Å². The van der Waals surface area contributed by atoms with Crippen LogP contribution in [0, 0.1) is 10.1 Å². The van der Waals surface area contributed by atoms with Gasteiger partial charge in [0.15, 0.2) is 0 Å². The minimum absolute atomic E-state index is 0. The highest BCUT2D eigenvalue weighted by Crippen LogP contribution is 2.23. The number of nitro benzene ring substituents is 1. The smallest absolute Gasteiger partial charge is 0.270 e. The van der Waals surface area contributed by atoms with Crippen LogP contribution in [0.1, 0.15) is 30.1 Å². The van der Waals surface area contributed by atoms with Gasteiger partial charge in [0.2, 0.25) is 0 Å². The van der Waals surface area contributed by atoms with Crippen molar-refractivity contribution in [2.45, 2.75) is 31.8 Å². The monoisotopic (exact) mass is 377 g/mol. The molecule has 8 heteroatoms. The van der Waals surface area contributed by atoms with E-state index in [0.29, 0.717) is 16.1 Å². The number of benzene rings is 1. The summed E-state index contributed by atoms with van der Waals surface area (Å²) in [7, 11) is 0. The number of nitrogens with one attached hydrogen (secondary N) is 2. The molecule has 2 atom stereocenters. The van der Waals surface area contributed by atoms with E-state index >= 15 is 0 Å². The molecule has 1 aromatic carbocycles. The second-order valence-electron chi connectivity index (χ2n) is 4.97. The van der Waals surface area contributed by atoms with Gasteiger partial charge in [-0.3, -0.25) is 14.9 Å². The van der Waals surface area contributed by atoms with Gasteiger partial charge in [-0.2, -0.15) is 0 Å². The number of carbonyl (C=O) groups is 1. The predicted octanol–water partition coefficient (Wildman–Crippen LogP) is 2.65. The number of carbonyl (C=O) groups excluding carboxylic acids is 1. The Morgan fingerprint density at radius 1 is 1.52 bits per heavy atom. The highest BCUT2D eigenvalue weighted by atomic mass is 79.9. The van der Waals surface area contributed by atoms with E-state index in [4.69, 9.17) is 0 Å². The highest BCUT2D eigenvalue weighted by Gasteiger charge is 2.22. The lowest BCUT2D eigenvalue weighted by Gasteiger charge is -2.28. The SMILES string of the molecule is CC1CC(NC(=O)c2ccc([N+](=O)[O-])cc2Br)CCN1.Cl. The van der Waals surface area contributed by atoms with E-state index in [0.717, 1.165) is 19.4 Å². The fourth-order valence-electron chi connectivity index (χ4n) is 2.33. The van der Waals surface area contributed by atoms with Gasteiger partial charge in [-0.15, -0.1) is 12.4 Å². The first-order valence-corrected chi connectivity index (χ1v) is 7.25. The van der Waals surface area contributed by atoms with E-state index in [1.165, 1.54) is 18.2 Å². The Morgan fingerprint density at radius 2 is 2.24 bits per heavy atom. The summed E-state index contributed by atoms with van der Waals surface area (Å²) >= 11 is 3.22. The molecule has 1 aliphatic heterocycles. The third kappa shape index (κ3) is 4.66. The molecule has 2 rings (SSSR count). The number of rotatable bonds is 3. The molecule has 6 nitrogen and oxygen atoms in total. The largest absolute Gasteiger partial charge is 0.349 e. The van der Waals surface area contributed by atoms with Gasteiger partial charge in [0.25, 0.3) is 11.6 Å². The summed E-state index contributed by atoms with van der Waals surface area (Å²) in [6, 6.07) is 4.68. The third-order valence-corrected chi connectivity index (χ3v) is 4.02. The van der Waals surface area contributed by atoms with Crippen LogP contribution in [0.4, 0.5) is 5.69 Å². The summed E-state index contributed by atoms with van der Waals surface area (Å²) in [4.78, 5) is 22.4.